The highest BCUT2D eigenvalue weighted by Crippen LogP contribution is 2.36. The van der Waals surface area contributed by atoms with Gasteiger partial charge in [0, 0.05) is 10.7 Å². The summed E-state index contributed by atoms with van der Waals surface area (Å²) in [5, 5.41) is 0. The van der Waals surface area contributed by atoms with Crippen LogP contribution in [0.4, 0.5) is 0 Å². The van der Waals surface area contributed by atoms with Crippen molar-refractivity contribution in [2.75, 3.05) is 7.11 Å². The molecule has 0 saturated heterocycles. The zero-order valence-corrected chi connectivity index (χ0v) is 13.7. The molecule has 1 aromatic heterocycles. The van der Waals surface area contributed by atoms with Gasteiger partial charge in [0.15, 0.2) is 0 Å². The molecular weight excluding hydrogens is 375 g/mol. The number of rotatable bonds is 3. The SMILES string of the molecule is COC1CCCC1n1c(CCl)nc2cc(I)ccc21. The van der Waals surface area contributed by atoms with Crippen molar-refractivity contribution in [3.05, 3.63) is 27.6 Å². The second-order valence-electron chi connectivity index (χ2n) is 4.94. The molecule has 0 aliphatic heterocycles. The second-order valence-corrected chi connectivity index (χ2v) is 6.45. The number of alkyl halides is 1. The minimum absolute atomic E-state index is 0.277. The Morgan fingerprint density at radius 3 is 3.05 bits per heavy atom. The summed E-state index contributed by atoms with van der Waals surface area (Å²) in [6.07, 6.45) is 3.74. The molecule has 5 heteroatoms. The van der Waals surface area contributed by atoms with Crippen LogP contribution in [0.25, 0.3) is 11.0 Å². The van der Waals surface area contributed by atoms with Crippen LogP contribution in [-0.2, 0) is 10.6 Å². The molecule has 3 rings (SSSR count). The van der Waals surface area contributed by atoms with Crippen LogP contribution in [-0.4, -0.2) is 22.8 Å². The van der Waals surface area contributed by atoms with E-state index in [1.54, 1.807) is 7.11 Å². The molecule has 1 aliphatic rings. The third kappa shape index (κ3) is 2.38. The van der Waals surface area contributed by atoms with E-state index in [1.165, 1.54) is 15.5 Å². The topological polar surface area (TPSA) is 27.1 Å². The zero-order valence-electron chi connectivity index (χ0n) is 10.8. The Bertz CT molecular complexity index is 598. The number of hydrogen-bond acceptors (Lipinski definition) is 2. The lowest BCUT2D eigenvalue weighted by atomic mass is 10.2. The van der Waals surface area contributed by atoms with Crippen molar-refractivity contribution < 1.29 is 4.74 Å². The first-order chi connectivity index (χ1) is 9.24. The number of ether oxygens (including phenoxy) is 1. The van der Waals surface area contributed by atoms with Crippen molar-refractivity contribution in [2.45, 2.75) is 37.3 Å². The Labute approximate surface area is 131 Å². The van der Waals surface area contributed by atoms with E-state index in [2.05, 4.69) is 50.3 Å². The number of nitrogens with zero attached hydrogens (tertiary/aromatic N) is 2. The highest BCUT2D eigenvalue weighted by Gasteiger charge is 2.31. The highest BCUT2D eigenvalue weighted by atomic mass is 127. The van der Waals surface area contributed by atoms with Crippen molar-refractivity contribution in [3.63, 3.8) is 0 Å². The number of halogens is 2. The van der Waals surface area contributed by atoms with Crippen molar-refractivity contribution in [2.24, 2.45) is 0 Å². The lowest BCUT2D eigenvalue weighted by Gasteiger charge is -2.22. The summed E-state index contributed by atoms with van der Waals surface area (Å²) in [6, 6.07) is 6.74. The standard InChI is InChI=1S/C14H16ClIN2O/c1-19-13-4-2-3-12(13)18-11-6-5-9(16)7-10(11)17-14(18)8-15/h5-7,12-13H,2-4,8H2,1H3. The fourth-order valence-corrected chi connectivity index (χ4v) is 3.73. The lowest BCUT2D eigenvalue weighted by Crippen LogP contribution is -2.22. The lowest BCUT2D eigenvalue weighted by molar-refractivity contribution is 0.0755. The van der Waals surface area contributed by atoms with E-state index < -0.39 is 0 Å². The first-order valence-electron chi connectivity index (χ1n) is 6.49. The maximum absolute atomic E-state index is 6.09. The van der Waals surface area contributed by atoms with Gasteiger partial charge in [-0.1, -0.05) is 0 Å². The monoisotopic (exact) mass is 390 g/mol. The zero-order chi connectivity index (χ0) is 13.4. The number of methoxy groups -OCH3 is 1. The normalized spacial score (nSPS) is 23.3. The Kier molecular flexibility index (Phi) is 4.01. The van der Waals surface area contributed by atoms with E-state index in [4.69, 9.17) is 16.3 Å². The number of imidazole rings is 1. The van der Waals surface area contributed by atoms with Crippen LogP contribution in [0.1, 0.15) is 31.1 Å². The minimum Gasteiger partial charge on any atom is -0.379 e. The Morgan fingerprint density at radius 2 is 2.32 bits per heavy atom. The largest absolute Gasteiger partial charge is 0.379 e. The molecule has 0 bridgehead atoms. The van der Waals surface area contributed by atoms with Gasteiger partial charge in [0.1, 0.15) is 5.82 Å². The molecule has 1 heterocycles. The molecule has 0 amide bonds. The molecule has 2 unspecified atom stereocenters. The van der Waals surface area contributed by atoms with Crippen LogP contribution in [0, 0.1) is 3.57 Å². The van der Waals surface area contributed by atoms with Crippen molar-refractivity contribution in [3.8, 4) is 0 Å². The third-order valence-corrected chi connectivity index (χ3v) is 4.81. The number of aromatic nitrogens is 2. The van der Waals surface area contributed by atoms with Gasteiger partial charge in [-0.2, -0.15) is 0 Å². The van der Waals surface area contributed by atoms with Crippen molar-refractivity contribution in [1.82, 2.24) is 9.55 Å². The van der Waals surface area contributed by atoms with E-state index in [0.717, 1.165) is 24.2 Å². The first-order valence-corrected chi connectivity index (χ1v) is 8.11. The summed E-state index contributed by atoms with van der Waals surface area (Å²) in [4.78, 5) is 4.68. The molecule has 19 heavy (non-hydrogen) atoms. The Morgan fingerprint density at radius 1 is 1.47 bits per heavy atom. The van der Waals surface area contributed by atoms with Crippen molar-refractivity contribution in [1.29, 1.82) is 0 Å². The summed E-state index contributed by atoms with van der Waals surface area (Å²) >= 11 is 8.40. The predicted octanol–water partition coefficient (Wildman–Crippen LogP) is 4.12. The quantitative estimate of drug-likeness (QED) is 0.582. The summed E-state index contributed by atoms with van der Waals surface area (Å²) in [6.45, 7) is 0. The van der Waals surface area contributed by atoms with Gasteiger partial charge in [0.25, 0.3) is 0 Å². The summed E-state index contributed by atoms with van der Waals surface area (Å²) in [5.74, 6) is 1.39. The van der Waals surface area contributed by atoms with Crippen LogP contribution < -0.4 is 0 Å². The molecule has 3 nitrogen and oxygen atoms in total. The molecule has 1 aliphatic carbocycles. The molecule has 1 fully saturated rings. The maximum atomic E-state index is 6.09. The summed E-state index contributed by atoms with van der Waals surface area (Å²) in [7, 11) is 1.80. The average Bonchev–Trinajstić information content (AvgIpc) is 3.00. The smallest absolute Gasteiger partial charge is 0.125 e. The molecule has 1 aromatic carbocycles. The summed E-state index contributed by atoms with van der Waals surface area (Å²) < 4.78 is 9.12. The number of benzene rings is 1. The fraction of sp³-hybridized carbons (Fsp3) is 0.500. The van der Waals surface area contributed by atoms with E-state index in [-0.39, 0.29) is 6.10 Å². The molecular formula is C14H16ClIN2O. The van der Waals surface area contributed by atoms with Gasteiger partial charge in [-0.05, 0) is 60.1 Å². The highest BCUT2D eigenvalue weighted by molar-refractivity contribution is 14.1. The molecule has 0 spiro atoms. The van der Waals surface area contributed by atoms with E-state index in [1.807, 2.05) is 0 Å². The van der Waals surface area contributed by atoms with Crippen molar-refractivity contribution >= 4 is 45.2 Å². The van der Waals surface area contributed by atoms with Gasteiger partial charge in [-0.25, -0.2) is 4.98 Å². The number of hydrogen-bond donors (Lipinski definition) is 0. The molecule has 2 atom stereocenters. The molecule has 0 N–H and O–H groups in total. The van der Waals surface area contributed by atoms with Gasteiger partial charge in [0.2, 0.25) is 0 Å². The van der Waals surface area contributed by atoms with Crippen LogP contribution in [0.15, 0.2) is 18.2 Å². The minimum atomic E-state index is 0.277. The predicted molar refractivity (Wildman–Crippen MR) is 85.7 cm³/mol. The Balaban J connectivity index is 2.15. The van der Waals surface area contributed by atoms with Gasteiger partial charge < -0.3 is 9.30 Å². The van der Waals surface area contributed by atoms with Gasteiger partial charge in [0.05, 0.1) is 29.1 Å². The van der Waals surface area contributed by atoms with Crippen LogP contribution in [0.2, 0.25) is 0 Å². The average molecular weight is 391 g/mol. The maximum Gasteiger partial charge on any atom is 0.125 e. The second kappa shape index (κ2) is 5.58. The van der Waals surface area contributed by atoms with Gasteiger partial charge in [-0.15, -0.1) is 11.6 Å². The van der Waals surface area contributed by atoms with Gasteiger partial charge >= 0.3 is 0 Å². The first kappa shape index (κ1) is 13.6. The van der Waals surface area contributed by atoms with Crippen LogP contribution in [0.5, 0.6) is 0 Å². The molecule has 1 saturated carbocycles. The molecule has 0 radical (unpaired) electrons. The Hall–Kier alpha value is -0.330. The van der Waals surface area contributed by atoms with E-state index >= 15 is 0 Å². The number of fused-ring (bicyclic) bond motifs is 1. The molecule has 2 aromatic rings. The molecule has 102 valence electrons. The third-order valence-electron chi connectivity index (χ3n) is 3.90. The van der Waals surface area contributed by atoms with Crippen LogP contribution >= 0.6 is 34.2 Å². The summed E-state index contributed by atoms with van der Waals surface area (Å²) in [5.41, 5.74) is 2.20. The van der Waals surface area contributed by atoms with E-state index in [0.29, 0.717) is 11.9 Å². The van der Waals surface area contributed by atoms with Crippen LogP contribution in [0.3, 0.4) is 0 Å². The van der Waals surface area contributed by atoms with E-state index in [9.17, 15) is 0 Å². The fourth-order valence-electron chi connectivity index (χ4n) is 3.06. The van der Waals surface area contributed by atoms with Gasteiger partial charge in [-0.3, -0.25) is 0 Å².